The fraction of sp³-hybridized carbons (Fsp3) is 0.905. The van der Waals surface area contributed by atoms with E-state index in [9.17, 15) is 0 Å². The van der Waals surface area contributed by atoms with Gasteiger partial charge < -0.3 is 0 Å². The van der Waals surface area contributed by atoms with E-state index >= 15 is 0 Å². The molecule has 0 aliphatic heterocycles. The molecule has 0 fully saturated rings. The second-order valence-corrected chi connectivity index (χ2v) is 7.08. The Morgan fingerprint density at radius 2 is 1.27 bits per heavy atom. The molecule has 0 bridgehead atoms. The van der Waals surface area contributed by atoms with Crippen LogP contribution in [0.1, 0.15) is 109 Å². The average molecular weight is 335 g/mol. The zero-order valence-electron chi connectivity index (χ0n) is 18.2. The molecular weight excluding hydrogens is 284 g/mol. The van der Waals surface area contributed by atoms with Crippen LogP contribution in [0.5, 0.6) is 0 Å². The van der Waals surface area contributed by atoms with Gasteiger partial charge in [0.15, 0.2) is 0 Å². The van der Waals surface area contributed by atoms with Gasteiger partial charge in [-0.25, -0.2) is 0 Å². The van der Waals surface area contributed by atoms with Crippen LogP contribution in [0.2, 0.25) is 0 Å². The minimum Gasteiger partial charge on any atom is -0.197 e. The molecular formula is C21H50S. The van der Waals surface area contributed by atoms with Gasteiger partial charge in [0.05, 0.1) is 0 Å². The van der Waals surface area contributed by atoms with Crippen LogP contribution in [0.25, 0.3) is 0 Å². The molecule has 0 aliphatic rings. The normalized spacial score (nSPS) is 9.36. The molecule has 0 radical (unpaired) electrons. The van der Waals surface area contributed by atoms with Crippen molar-refractivity contribution in [2.24, 2.45) is 17.3 Å². The molecule has 1 heteroatoms. The Morgan fingerprint density at radius 3 is 1.41 bits per heavy atom. The van der Waals surface area contributed by atoms with Crippen LogP contribution in [0.4, 0.5) is 0 Å². The average Bonchev–Trinajstić information content (AvgIpc) is 2.31. The van der Waals surface area contributed by atoms with Crippen molar-refractivity contribution in [1.82, 2.24) is 0 Å². The molecule has 22 heavy (non-hydrogen) atoms. The molecule has 0 aromatic carbocycles. The van der Waals surface area contributed by atoms with E-state index in [0.29, 0.717) is 5.41 Å². The zero-order chi connectivity index (χ0) is 18.1. The summed E-state index contributed by atoms with van der Waals surface area (Å²) in [5.74, 6) is 1.69. The van der Waals surface area contributed by atoms with Gasteiger partial charge in [0.25, 0.3) is 0 Å². The fourth-order valence-corrected chi connectivity index (χ4v) is 2.57. The van der Waals surface area contributed by atoms with E-state index in [4.69, 9.17) is 0 Å². The number of allylic oxidation sites excluding steroid dienone is 1. The first-order chi connectivity index (χ1) is 9.60. The summed E-state index contributed by atoms with van der Waals surface area (Å²) in [5.41, 5.74) is 1.75. The molecule has 0 saturated carbocycles. The second-order valence-electron chi connectivity index (χ2n) is 7.08. The van der Waals surface area contributed by atoms with Crippen molar-refractivity contribution in [3.8, 4) is 0 Å². The Bertz CT molecular complexity index is 190. The van der Waals surface area contributed by atoms with E-state index in [0.717, 1.165) is 18.3 Å². The highest BCUT2D eigenvalue weighted by Crippen LogP contribution is 2.31. The molecule has 0 unspecified atom stereocenters. The highest BCUT2D eigenvalue weighted by Gasteiger charge is 2.18. The third-order valence-electron chi connectivity index (χ3n) is 2.61. The maximum atomic E-state index is 3.95. The zero-order valence-corrected chi connectivity index (χ0v) is 19.2. The lowest BCUT2D eigenvalue weighted by atomic mass is 9.79. The SMILES string of the molecule is C=C(C)CC(C)(C)CC(C)C.CC.CC.CCCC(C)C.S. The number of hydrogen-bond acceptors (Lipinski definition) is 0. The molecule has 0 rings (SSSR count). The second kappa shape index (κ2) is 23.4. The minimum atomic E-state index is 0. The standard InChI is InChI=1S/C11H22.C6H14.2C2H6.H2S/c1-9(2)7-11(5,6)8-10(3)4;1-4-5-6(2)3;2*1-2;/h10H,1,7-8H2,2-6H3;6H,4-5H2,1-3H3;2*1-2H3;1H2. The summed E-state index contributed by atoms with van der Waals surface area (Å²) < 4.78 is 0. The Hall–Kier alpha value is 0.0900. The fourth-order valence-electron chi connectivity index (χ4n) is 2.57. The molecule has 140 valence electrons. The third kappa shape index (κ3) is 42.7. The van der Waals surface area contributed by atoms with E-state index in [1.54, 1.807) is 0 Å². The van der Waals surface area contributed by atoms with Crippen molar-refractivity contribution in [1.29, 1.82) is 0 Å². The first kappa shape index (κ1) is 33.6. The molecule has 0 heterocycles. The molecule has 0 atom stereocenters. The van der Waals surface area contributed by atoms with E-state index in [2.05, 4.69) is 62.0 Å². The Kier molecular flexibility index (Phi) is 35.7. The molecule has 0 N–H and O–H groups in total. The largest absolute Gasteiger partial charge is 0.197 e. The summed E-state index contributed by atoms with van der Waals surface area (Å²) in [6.45, 7) is 30.0. The van der Waals surface area contributed by atoms with Gasteiger partial charge in [-0.1, -0.05) is 94.6 Å². The van der Waals surface area contributed by atoms with Gasteiger partial charge >= 0.3 is 0 Å². The van der Waals surface area contributed by atoms with Gasteiger partial charge in [-0.2, -0.15) is 13.5 Å². The van der Waals surface area contributed by atoms with Gasteiger partial charge in [0, 0.05) is 0 Å². The van der Waals surface area contributed by atoms with Crippen LogP contribution < -0.4 is 0 Å². The van der Waals surface area contributed by atoms with Gasteiger partial charge in [-0.05, 0) is 37.0 Å². The van der Waals surface area contributed by atoms with Gasteiger partial charge in [-0.15, -0.1) is 6.58 Å². The Morgan fingerprint density at radius 1 is 0.909 bits per heavy atom. The molecule has 0 aromatic rings. The smallest absolute Gasteiger partial charge is 0.0274 e. The predicted octanol–water partition coefficient (Wildman–Crippen LogP) is 8.63. The first-order valence-corrected chi connectivity index (χ1v) is 9.25. The maximum Gasteiger partial charge on any atom is -0.0274 e. The van der Waals surface area contributed by atoms with Crippen LogP contribution >= 0.6 is 13.5 Å². The van der Waals surface area contributed by atoms with E-state index in [1.165, 1.54) is 24.8 Å². The summed E-state index contributed by atoms with van der Waals surface area (Å²) in [5, 5.41) is 0. The predicted molar refractivity (Wildman–Crippen MR) is 115 cm³/mol. The summed E-state index contributed by atoms with van der Waals surface area (Å²) in [4.78, 5) is 0. The highest BCUT2D eigenvalue weighted by molar-refractivity contribution is 7.59. The highest BCUT2D eigenvalue weighted by atomic mass is 32.1. The third-order valence-corrected chi connectivity index (χ3v) is 2.61. The van der Waals surface area contributed by atoms with Crippen molar-refractivity contribution in [2.45, 2.75) is 109 Å². The molecule has 0 nitrogen and oxygen atoms in total. The van der Waals surface area contributed by atoms with E-state index < -0.39 is 0 Å². The molecule has 0 spiro atoms. The molecule has 0 aliphatic carbocycles. The number of hydrogen-bond donors (Lipinski definition) is 0. The summed E-state index contributed by atoms with van der Waals surface area (Å²) >= 11 is 0. The topological polar surface area (TPSA) is 0 Å². The van der Waals surface area contributed by atoms with E-state index in [-0.39, 0.29) is 13.5 Å². The molecule has 0 aromatic heterocycles. The van der Waals surface area contributed by atoms with Crippen LogP contribution in [0.15, 0.2) is 12.2 Å². The van der Waals surface area contributed by atoms with Crippen molar-refractivity contribution in [2.75, 3.05) is 0 Å². The summed E-state index contributed by atoms with van der Waals surface area (Å²) in [6, 6.07) is 0. The summed E-state index contributed by atoms with van der Waals surface area (Å²) in [6.07, 6.45) is 5.16. The Labute approximate surface area is 152 Å². The monoisotopic (exact) mass is 334 g/mol. The summed E-state index contributed by atoms with van der Waals surface area (Å²) in [7, 11) is 0. The van der Waals surface area contributed by atoms with Gasteiger partial charge in [-0.3, -0.25) is 0 Å². The van der Waals surface area contributed by atoms with Crippen molar-refractivity contribution >= 4 is 13.5 Å². The van der Waals surface area contributed by atoms with Crippen molar-refractivity contribution in [3.63, 3.8) is 0 Å². The van der Waals surface area contributed by atoms with Crippen molar-refractivity contribution < 1.29 is 0 Å². The molecule has 0 saturated heterocycles. The quantitative estimate of drug-likeness (QED) is 0.426. The lowest BCUT2D eigenvalue weighted by Gasteiger charge is -2.26. The van der Waals surface area contributed by atoms with Crippen LogP contribution in [-0.2, 0) is 0 Å². The first-order valence-electron chi connectivity index (χ1n) is 9.25. The maximum absolute atomic E-state index is 3.95. The van der Waals surface area contributed by atoms with Crippen molar-refractivity contribution in [3.05, 3.63) is 12.2 Å². The lowest BCUT2D eigenvalue weighted by molar-refractivity contribution is 0.285. The van der Waals surface area contributed by atoms with E-state index in [1.807, 2.05) is 27.7 Å². The van der Waals surface area contributed by atoms with Gasteiger partial charge in [0.1, 0.15) is 0 Å². The van der Waals surface area contributed by atoms with Crippen LogP contribution in [0.3, 0.4) is 0 Å². The minimum absolute atomic E-state index is 0. The lowest BCUT2D eigenvalue weighted by Crippen LogP contribution is -2.14. The Balaban J connectivity index is -0.0000000749. The van der Waals surface area contributed by atoms with Crippen LogP contribution in [0, 0.1) is 17.3 Å². The number of rotatable bonds is 6. The van der Waals surface area contributed by atoms with Crippen LogP contribution in [-0.4, -0.2) is 0 Å². The molecule has 0 amide bonds. The van der Waals surface area contributed by atoms with Gasteiger partial charge in [0.2, 0.25) is 0 Å².